The number of sulfonamides is 1. The Balaban J connectivity index is 2.17. The molecule has 0 aliphatic carbocycles. The minimum Gasteiger partial charge on any atom is -0.452 e. The molecule has 2 aromatic rings. The zero-order chi connectivity index (χ0) is 15.5. The van der Waals surface area contributed by atoms with Crippen molar-refractivity contribution in [1.82, 2.24) is 15.0 Å². The van der Waals surface area contributed by atoms with Crippen LogP contribution in [0.3, 0.4) is 0 Å². The van der Waals surface area contributed by atoms with Gasteiger partial charge < -0.3 is 9.73 Å². The quantitative estimate of drug-likeness (QED) is 0.808. The Hall–Kier alpha value is -1.22. The highest BCUT2D eigenvalue weighted by Crippen LogP contribution is 2.26. The van der Waals surface area contributed by atoms with Gasteiger partial charge in [0.2, 0.25) is 10.0 Å². The number of aryl methyl sites for hydroxylation is 1. The lowest BCUT2D eigenvalue weighted by Gasteiger charge is -2.07. The van der Waals surface area contributed by atoms with E-state index in [4.69, 9.17) is 4.42 Å². The fraction of sp³-hybridized carbons (Fsp3) is 0.308. The molecule has 6 nitrogen and oxygen atoms in total. The fourth-order valence-electron chi connectivity index (χ4n) is 1.79. The molecule has 0 saturated heterocycles. The first-order valence-electron chi connectivity index (χ1n) is 6.26. The van der Waals surface area contributed by atoms with Gasteiger partial charge in [-0.15, -0.1) is 0 Å². The van der Waals surface area contributed by atoms with Gasteiger partial charge in [-0.25, -0.2) is 13.1 Å². The molecule has 8 heteroatoms. The van der Waals surface area contributed by atoms with Gasteiger partial charge >= 0.3 is 0 Å². The van der Waals surface area contributed by atoms with Gasteiger partial charge in [-0.1, -0.05) is 0 Å². The predicted octanol–water partition coefficient (Wildman–Crippen LogP) is 1.94. The van der Waals surface area contributed by atoms with Crippen molar-refractivity contribution >= 4 is 26.0 Å². The summed E-state index contributed by atoms with van der Waals surface area (Å²) in [4.78, 5) is 4.08. The van der Waals surface area contributed by atoms with Gasteiger partial charge in [0.1, 0.15) is 10.7 Å². The van der Waals surface area contributed by atoms with Gasteiger partial charge in [0, 0.05) is 25.0 Å². The number of hydrogen-bond acceptors (Lipinski definition) is 5. The SMILES string of the molecule is CNCc1cc(S(=O)(=O)NCc2ccncc2C)c(Br)o1. The maximum absolute atomic E-state index is 12.3. The topological polar surface area (TPSA) is 84.2 Å². The number of hydrogen-bond donors (Lipinski definition) is 2. The number of nitrogens with zero attached hydrogens (tertiary/aromatic N) is 1. The lowest BCUT2D eigenvalue weighted by atomic mass is 10.2. The monoisotopic (exact) mass is 373 g/mol. The summed E-state index contributed by atoms with van der Waals surface area (Å²) in [5, 5.41) is 2.90. The maximum atomic E-state index is 12.3. The highest BCUT2D eigenvalue weighted by molar-refractivity contribution is 9.10. The molecule has 0 amide bonds. The second-order valence-electron chi connectivity index (χ2n) is 4.51. The van der Waals surface area contributed by atoms with Crippen molar-refractivity contribution in [3.05, 3.63) is 46.1 Å². The third kappa shape index (κ3) is 3.91. The van der Waals surface area contributed by atoms with Crippen molar-refractivity contribution in [3.63, 3.8) is 0 Å². The molecule has 2 aromatic heterocycles. The molecule has 0 aliphatic rings. The van der Waals surface area contributed by atoms with Gasteiger partial charge in [0.15, 0.2) is 4.67 Å². The average molecular weight is 374 g/mol. The molecule has 0 bridgehead atoms. The molecule has 2 N–H and O–H groups in total. The van der Waals surface area contributed by atoms with Crippen molar-refractivity contribution in [3.8, 4) is 0 Å². The van der Waals surface area contributed by atoms with E-state index < -0.39 is 10.0 Å². The van der Waals surface area contributed by atoms with E-state index in [1.165, 1.54) is 6.07 Å². The molecule has 21 heavy (non-hydrogen) atoms. The maximum Gasteiger partial charge on any atom is 0.245 e. The molecule has 0 fully saturated rings. The van der Waals surface area contributed by atoms with Crippen LogP contribution in [0.25, 0.3) is 0 Å². The van der Waals surface area contributed by atoms with Gasteiger partial charge in [-0.05, 0) is 47.1 Å². The van der Waals surface area contributed by atoms with Gasteiger partial charge in [0.25, 0.3) is 0 Å². The molecule has 0 radical (unpaired) electrons. The summed E-state index contributed by atoms with van der Waals surface area (Å²) in [5.41, 5.74) is 1.81. The second-order valence-corrected chi connectivity index (χ2v) is 6.96. The van der Waals surface area contributed by atoms with Crippen LogP contribution in [0.1, 0.15) is 16.9 Å². The summed E-state index contributed by atoms with van der Waals surface area (Å²) in [6, 6.07) is 3.29. The van der Waals surface area contributed by atoms with Crippen molar-refractivity contribution < 1.29 is 12.8 Å². The van der Waals surface area contributed by atoms with E-state index in [0.717, 1.165) is 11.1 Å². The molecule has 2 heterocycles. The lowest BCUT2D eigenvalue weighted by Crippen LogP contribution is -2.23. The highest BCUT2D eigenvalue weighted by atomic mass is 79.9. The molecule has 2 rings (SSSR count). The lowest BCUT2D eigenvalue weighted by molar-refractivity contribution is 0.470. The molecule has 0 aliphatic heterocycles. The zero-order valence-electron chi connectivity index (χ0n) is 11.7. The van der Waals surface area contributed by atoms with E-state index in [1.54, 1.807) is 25.5 Å². The zero-order valence-corrected chi connectivity index (χ0v) is 14.1. The van der Waals surface area contributed by atoms with Crippen LogP contribution in [0.2, 0.25) is 0 Å². The van der Waals surface area contributed by atoms with E-state index >= 15 is 0 Å². The Morgan fingerprint density at radius 3 is 2.81 bits per heavy atom. The molecule has 0 aromatic carbocycles. The summed E-state index contributed by atoms with van der Waals surface area (Å²) in [6.45, 7) is 2.54. The second kappa shape index (κ2) is 6.69. The smallest absolute Gasteiger partial charge is 0.245 e. The number of aromatic nitrogens is 1. The molecule has 0 unspecified atom stereocenters. The van der Waals surface area contributed by atoms with Crippen molar-refractivity contribution in [2.75, 3.05) is 7.05 Å². The minimum atomic E-state index is -3.64. The van der Waals surface area contributed by atoms with Crippen LogP contribution in [-0.2, 0) is 23.1 Å². The van der Waals surface area contributed by atoms with Gasteiger partial charge in [0.05, 0.1) is 6.54 Å². The first kappa shape index (κ1) is 16.2. The average Bonchev–Trinajstić information content (AvgIpc) is 2.80. The summed E-state index contributed by atoms with van der Waals surface area (Å²) >= 11 is 3.14. The largest absolute Gasteiger partial charge is 0.452 e. The van der Waals surface area contributed by atoms with E-state index in [1.807, 2.05) is 6.92 Å². The number of nitrogens with one attached hydrogen (secondary N) is 2. The van der Waals surface area contributed by atoms with E-state index in [0.29, 0.717) is 12.3 Å². The molecule has 0 saturated carbocycles. The van der Waals surface area contributed by atoms with Crippen LogP contribution in [0.5, 0.6) is 0 Å². The first-order chi connectivity index (χ1) is 9.94. The Bertz CT molecular complexity index is 728. The summed E-state index contributed by atoms with van der Waals surface area (Å²) in [6.07, 6.45) is 3.33. The molecule has 0 spiro atoms. The normalized spacial score (nSPS) is 11.8. The molecular weight excluding hydrogens is 358 g/mol. The first-order valence-corrected chi connectivity index (χ1v) is 8.53. The van der Waals surface area contributed by atoms with Crippen LogP contribution >= 0.6 is 15.9 Å². The summed E-state index contributed by atoms with van der Waals surface area (Å²) in [5.74, 6) is 0.546. The summed E-state index contributed by atoms with van der Waals surface area (Å²) < 4.78 is 32.7. The number of rotatable bonds is 6. The molecular formula is C13H16BrN3O3S. The standard InChI is InChI=1S/C13H16BrN3O3S/c1-9-6-16-4-3-10(9)7-17-21(18,19)12-5-11(8-15-2)20-13(12)14/h3-6,15,17H,7-8H2,1-2H3. The minimum absolute atomic E-state index is 0.0967. The van der Waals surface area contributed by atoms with Crippen LogP contribution in [0.4, 0.5) is 0 Å². The van der Waals surface area contributed by atoms with Crippen molar-refractivity contribution in [2.24, 2.45) is 0 Å². The Morgan fingerprint density at radius 2 is 2.14 bits per heavy atom. The van der Waals surface area contributed by atoms with Crippen molar-refractivity contribution in [1.29, 1.82) is 0 Å². The van der Waals surface area contributed by atoms with E-state index in [-0.39, 0.29) is 16.1 Å². The van der Waals surface area contributed by atoms with Gasteiger partial charge in [-0.2, -0.15) is 0 Å². The summed E-state index contributed by atoms with van der Waals surface area (Å²) in [7, 11) is -1.88. The third-order valence-corrected chi connectivity index (χ3v) is 5.19. The Kier molecular flexibility index (Phi) is 5.15. The predicted molar refractivity (Wildman–Crippen MR) is 82.2 cm³/mol. The third-order valence-electron chi connectivity index (χ3n) is 2.94. The Morgan fingerprint density at radius 1 is 1.38 bits per heavy atom. The van der Waals surface area contributed by atoms with E-state index in [2.05, 4.69) is 31.0 Å². The number of pyridine rings is 1. The fourth-order valence-corrected chi connectivity index (χ4v) is 3.80. The number of halogens is 1. The molecule has 114 valence electrons. The number of furan rings is 1. The van der Waals surface area contributed by atoms with Gasteiger partial charge in [-0.3, -0.25) is 4.98 Å². The molecule has 0 atom stereocenters. The van der Waals surface area contributed by atoms with Crippen LogP contribution < -0.4 is 10.0 Å². The Labute approximate surface area is 132 Å². The van der Waals surface area contributed by atoms with Crippen LogP contribution in [0, 0.1) is 6.92 Å². The van der Waals surface area contributed by atoms with E-state index in [9.17, 15) is 8.42 Å². The van der Waals surface area contributed by atoms with Crippen LogP contribution in [0.15, 0.2) is 38.5 Å². The highest BCUT2D eigenvalue weighted by Gasteiger charge is 2.22. The van der Waals surface area contributed by atoms with Crippen molar-refractivity contribution in [2.45, 2.75) is 24.9 Å². The van der Waals surface area contributed by atoms with Crippen LogP contribution in [-0.4, -0.2) is 20.4 Å².